The van der Waals surface area contributed by atoms with Gasteiger partial charge in [0.15, 0.2) is 5.11 Å². The highest BCUT2D eigenvalue weighted by Gasteiger charge is 2.02. The molecule has 2 aromatic rings. The summed E-state index contributed by atoms with van der Waals surface area (Å²) in [4.78, 5) is 0. The molecule has 110 valence electrons. The number of rotatable bonds is 3. The van der Waals surface area contributed by atoms with Crippen LogP contribution in [0.25, 0.3) is 0 Å². The number of benzene rings is 2. The van der Waals surface area contributed by atoms with Crippen LogP contribution in [0.4, 0.5) is 5.69 Å². The van der Waals surface area contributed by atoms with Gasteiger partial charge in [-0.3, -0.25) is 0 Å². The van der Waals surface area contributed by atoms with E-state index >= 15 is 0 Å². The molecular formula is C17H19ClN2S. The molecule has 0 atom stereocenters. The van der Waals surface area contributed by atoms with Crippen molar-refractivity contribution in [2.75, 3.05) is 5.32 Å². The van der Waals surface area contributed by atoms with Crippen molar-refractivity contribution in [3.8, 4) is 0 Å². The topological polar surface area (TPSA) is 24.1 Å². The average molecular weight is 319 g/mol. The van der Waals surface area contributed by atoms with Gasteiger partial charge in [0.25, 0.3) is 0 Å². The van der Waals surface area contributed by atoms with Crippen LogP contribution >= 0.6 is 23.8 Å². The third-order valence-corrected chi connectivity index (χ3v) is 3.65. The highest BCUT2D eigenvalue weighted by molar-refractivity contribution is 7.80. The van der Waals surface area contributed by atoms with E-state index in [4.69, 9.17) is 23.8 Å². The minimum Gasteiger partial charge on any atom is -0.358 e. The van der Waals surface area contributed by atoms with Crippen molar-refractivity contribution in [3.05, 3.63) is 63.7 Å². The second-order valence-electron chi connectivity index (χ2n) is 5.26. The van der Waals surface area contributed by atoms with Crippen LogP contribution in [0, 0.1) is 20.8 Å². The van der Waals surface area contributed by atoms with Gasteiger partial charge in [0.1, 0.15) is 0 Å². The highest BCUT2D eigenvalue weighted by atomic mass is 35.5. The molecular weight excluding hydrogens is 300 g/mol. The normalized spacial score (nSPS) is 10.3. The molecule has 4 heteroatoms. The van der Waals surface area contributed by atoms with E-state index in [-0.39, 0.29) is 0 Å². The Morgan fingerprint density at radius 3 is 2.33 bits per heavy atom. The molecule has 2 rings (SSSR count). The van der Waals surface area contributed by atoms with E-state index in [1.54, 1.807) is 0 Å². The van der Waals surface area contributed by atoms with Crippen LogP contribution < -0.4 is 10.6 Å². The van der Waals surface area contributed by atoms with Gasteiger partial charge in [-0.25, -0.2) is 0 Å². The SMILES string of the molecule is Cc1cc(C)cc(CNC(=S)Nc2ccc(Cl)cc2C)c1. The molecule has 2 N–H and O–H groups in total. The van der Waals surface area contributed by atoms with Crippen LogP contribution in [0.5, 0.6) is 0 Å². The zero-order valence-electron chi connectivity index (χ0n) is 12.5. The van der Waals surface area contributed by atoms with Crippen LogP contribution in [-0.2, 0) is 6.54 Å². The number of hydrogen-bond donors (Lipinski definition) is 2. The number of halogens is 1. The van der Waals surface area contributed by atoms with E-state index in [2.05, 4.69) is 42.7 Å². The van der Waals surface area contributed by atoms with Crippen molar-refractivity contribution >= 4 is 34.6 Å². The summed E-state index contributed by atoms with van der Waals surface area (Å²) in [6.07, 6.45) is 0. The van der Waals surface area contributed by atoms with Crippen LogP contribution in [0.3, 0.4) is 0 Å². The second-order valence-corrected chi connectivity index (χ2v) is 6.11. The van der Waals surface area contributed by atoms with Crippen molar-refractivity contribution < 1.29 is 0 Å². The van der Waals surface area contributed by atoms with Crippen molar-refractivity contribution in [1.82, 2.24) is 5.32 Å². The Kier molecular flexibility index (Phi) is 5.21. The van der Waals surface area contributed by atoms with Crippen molar-refractivity contribution in [2.45, 2.75) is 27.3 Å². The standard InChI is InChI=1S/C17H19ClN2S/c1-11-6-12(2)8-14(7-11)10-19-17(21)20-16-5-4-15(18)9-13(16)3/h4-9H,10H2,1-3H3,(H2,19,20,21). The van der Waals surface area contributed by atoms with Gasteiger partial charge in [-0.1, -0.05) is 40.9 Å². The van der Waals surface area contributed by atoms with Crippen molar-refractivity contribution in [1.29, 1.82) is 0 Å². The van der Waals surface area contributed by atoms with Crippen LogP contribution in [0.2, 0.25) is 5.02 Å². The summed E-state index contributed by atoms with van der Waals surface area (Å²) < 4.78 is 0. The Labute approximate surface area is 136 Å². The molecule has 0 fully saturated rings. The zero-order chi connectivity index (χ0) is 15.4. The summed E-state index contributed by atoms with van der Waals surface area (Å²) >= 11 is 11.3. The summed E-state index contributed by atoms with van der Waals surface area (Å²) in [5.41, 5.74) is 5.79. The molecule has 2 aromatic carbocycles. The quantitative estimate of drug-likeness (QED) is 0.798. The maximum Gasteiger partial charge on any atom is 0.171 e. The lowest BCUT2D eigenvalue weighted by Gasteiger charge is -2.13. The predicted octanol–water partition coefficient (Wildman–Crippen LogP) is 4.75. The zero-order valence-corrected chi connectivity index (χ0v) is 14.0. The van der Waals surface area contributed by atoms with E-state index in [0.717, 1.165) is 16.3 Å². The van der Waals surface area contributed by atoms with Crippen LogP contribution in [0.1, 0.15) is 22.3 Å². The maximum absolute atomic E-state index is 5.95. The molecule has 0 aliphatic heterocycles. The third-order valence-electron chi connectivity index (χ3n) is 3.17. The smallest absolute Gasteiger partial charge is 0.171 e. The molecule has 0 aromatic heterocycles. The molecule has 0 amide bonds. The Hall–Kier alpha value is -1.58. The largest absolute Gasteiger partial charge is 0.358 e. The first-order chi connectivity index (χ1) is 9.94. The van der Waals surface area contributed by atoms with E-state index < -0.39 is 0 Å². The average Bonchev–Trinajstić information content (AvgIpc) is 2.39. The monoisotopic (exact) mass is 318 g/mol. The third kappa shape index (κ3) is 4.73. The lowest BCUT2D eigenvalue weighted by atomic mass is 10.1. The van der Waals surface area contributed by atoms with E-state index in [1.807, 2.05) is 25.1 Å². The first kappa shape index (κ1) is 15.8. The van der Waals surface area contributed by atoms with Crippen molar-refractivity contribution in [2.24, 2.45) is 0 Å². The molecule has 0 saturated carbocycles. The van der Waals surface area contributed by atoms with Gasteiger partial charge in [-0.15, -0.1) is 0 Å². The first-order valence-electron chi connectivity index (χ1n) is 6.82. The molecule has 0 heterocycles. The predicted molar refractivity (Wildman–Crippen MR) is 95.2 cm³/mol. The molecule has 0 saturated heterocycles. The fourth-order valence-electron chi connectivity index (χ4n) is 2.29. The molecule has 21 heavy (non-hydrogen) atoms. The van der Waals surface area contributed by atoms with Crippen LogP contribution in [-0.4, -0.2) is 5.11 Å². The lowest BCUT2D eigenvalue weighted by Crippen LogP contribution is -2.28. The molecule has 2 nitrogen and oxygen atoms in total. The number of hydrogen-bond acceptors (Lipinski definition) is 1. The Bertz CT molecular complexity index is 648. The van der Waals surface area contributed by atoms with E-state index in [0.29, 0.717) is 11.7 Å². The maximum atomic E-state index is 5.95. The Morgan fingerprint density at radius 1 is 1.05 bits per heavy atom. The lowest BCUT2D eigenvalue weighted by molar-refractivity contribution is 0.921. The Balaban J connectivity index is 1.95. The number of nitrogens with one attached hydrogen (secondary N) is 2. The summed E-state index contributed by atoms with van der Waals surface area (Å²) in [5, 5.41) is 7.77. The molecule has 0 spiro atoms. The fraction of sp³-hybridized carbons (Fsp3) is 0.235. The summed E-state index contributed by atoms with van der Waals surface area (Å²) in [7, 11) is 0. The summed E-state index contributed by atoms with van der Waals surface area (Å²) in [6.45, 7) is 6.91. The minimum atomic E-state index is 0.611. The Morgan fingerprint density at radius 2 is 1.71 bits per heavy atom. The second kappa shape index (κ2) is 6.92. The molecule has 0 bridgehead atoms. The van der Waals surface area contributed by atoms with Crippen molar-refractivity contribution in [3.63, 3.8) is 0 Å². The molecule has 0 aliphatic rings. The highest BCUT2D eigenvalue weighted by Crippen LogP contribution is 2.19. The first-order valence-corrected chi connectivity index (χ1v) is 7.61. The van der Waals surface area contributed by atoms with E-state index in [9.17, 15) is 0 Å². The van der Waals surface area contributed by atoms with Gasteiger partial charge in [0.05, 0.1) is 0 Å². The summed E-state index contributed by atoms with van der Waals surface area (Å²) in [5.74, 6) is 0. The molecule has 0 unspecified atom stereocenters. The van der Waals surface area contributed by atoms with E-state index in [1.165, 1.54) is 16.7 Å². The van der Waals surface area contributed by atoms with Crippen LogP contribution in [0.15, 0.2) is 36.4 Å². The fourth-order valence-corrected chi connectivity index (χ4v) is 2.70. The number of thiocarbonyl (C=S) groups is 1. The minimum absolute atomic E-state index is 0.611. The summed E-state index contributed by atoms with van der Waals surface area (Å²) in [6, 6.07) is 12.2. The van der Waals surface area contributed by atoms with Gasteiger partial charge in [-0.05, 0) is 62.3 Å². The molecule has 0 radical (unpaired) electrons. The van der Waals surface area contributed by atoms with Gasteiger partial charge in [0, 0.05) is 17.3 Å². The number of anilines is 1. The van der Waals surface area contributed by atoms with Gasteiger partial charge < -0.3 is 10.6 Å². The molecule has 0 aliphatic carbocycles. The van der Waals surface area contributed by atoms with Gasteiger partial charge >= 0.3 is 0 Å². The number of aryl methyl sites for hydroxylation is 3. The van der Waals surface area contributed by atoms with Gasteiger partial charge in [0.2, 0.25) is 0 Å². The van der Waals surface area contributed by atoms with Gasteiger partial charge in [-0.2, -0.15) is 0 Å².